The maximum atomic E-state index is 13.2. The van der Waals surface area contributed by atoms with E-state index in [2.05, 4.69) is 6.07 Å². The van der Waals surface area contributed by atoms with Crippen LogP contribution in [0.2, 0.25) is 0 Å². The molecule has 1 atom stereocenters. The average molecular weight is 479 g/mol. The van der Waals surface area contributed by atoms with E-state index in [1.807, 2.05) is 48.5 Å². The standard InChI is InChI=1S/C26H30N4O3S/c27-26(28)30-16-13-21-6-3-4-8-24(21)25(30)33-18-19-11-14-29(15-12-19)34(31,32)23-10-9-20-5-1-2-7-22(20)17-23/h1-10,17,19,25H,11-16,18H2,(H3,27,28). The van der Waals surface area contributed by atoms with E-state index in [4.69, 9.17) is 15.9 Å². The highest BCUT2D eigenvalue weighted by Crippen LogP contribution is 2.32. The van der Waals surface area contributed by atoms with Gasteiger partial charge in [0.2, 0.25) is 10.0 Å². The highest BCUT2D eigenvalue weighted by Gasteiger charge is 2.32. The Labute approximate surface area is 200 Å². The van der Waals surface area contributed by atoms with Crippen LogP contribution < -0.4 is 5.73 Å². The Balaban J connectivity index is 1.23. The summed E-state index contributed by atoms with van der Waals surface area (Å²) in [4.78, 5) is 2.14. The first-order valence-electron chi connectivity index (χ1n) is 11.7. The zero-order valence-corrected chi connectivity index (χ0v) is 19.9. The predicted molar refractivity (Wildman–Crippen MR) is 133 cm³/mol. The van der Waals surface area contributed by atoms with Crippen molar-refractivity contribution in [3.05, 3.63) is 77.9 Å². The van der Waals surface area contributed by atoms with Gasteiger partial charge in [0, 0.05) is 25.2 Å². The van der Waals surface area contributed by atoms with E-state index >= 15 is 0 Å². The molecule has 0 saturated carbocycles. The van der Waals surface area contributed by atoms with Gasteiger partial charge < -0.3 is 15.4 Å². The zero-order valence-electron chi connectivity index (χ0n) is 19.1. The van der Waals surface area contributed by atoms with Crippen LogP contribution in [0, 0.1) is 11.3 Å². The summed E-state index contributed by atoms with van der Waals surface area (Å²) in [6.07, 6.45) is 1.94. The third-order valence-corrected chi connectivity index (χ3v) is 8.85. The van der Waals surface area contributed by atoms with Gasteiger partial charge in [-0.05, 0) is 53.6 Å². The molecule has 3 aromatic carbocycles. The van der Waals surface area contributed by atoms with Crippen molar-refractivity contribution in [3.63, 3.8) is 0 Å². The van der Waals surface area contributed by atoms with E-state index in [9.17, 15) is 8.42 Å². The number of sulfonamides is 1. The molecule has 1 unspecified atom stereocenters. The first kappa shape index (κ1) is 22.8. The molecule has 178 valence electrons. The van der Waals surface area contributed by atoms with Gasteiger partial charge in [-0.25, -0.2) is 8.42 Å². The number of benzene rings is 3. The number of nitrogens with one attached hydrogen (secondary N) is 1. The maximum Gasteiger partial charge on any atom is 0.243 e. The molecule has 1 saturated heterocycles. The van der Waals surface area contributed by atoms with E-state index in [1.165, 1.54) is 5.56 Å². The molecule has 0 bridgehead atoms. The molecule has 3 aromatic rings. The van der Waals surface area contributed by atoms with Crippen molar-refractivity contribution >= 4 is 26.8 Å². The van der Waals surface area contributed by atoms with Gasteiger partial charge in [-0.15, -0.1) is 0 Å². The lowest BCUT2D eigenvalue weighted by Crippen LogP contribution is -2.45. The minimum absolute atomic E-state index is 0.0100. The summed E-state index contributed by atoms with van der Waals surface area (Å²) < 4.78 is 34.4. The third-order valence-electron chi connectivity index (χ3n) is 6.96. The van der Waals surface area contributed by atoms with Crippen molar-refractivity contribution in [1.82, 2.24) is 9.21 Å². The zero-order chi connectivity index (χ0) is 23.7. The van der Waals surface area contributed by atoms with Crippen LogP contribution in [0.4, 0.5) is 0 Å². The number of piperidine rings is 1. The second kappa shape index (κ2) is 9.37. The normalized spacial score (nSPS) is 19.8. The topological polar surface area (TPSA) is 99.7 Å². The third kappa shape index (κ3) is 4.41. The molecule has 2 aliphatic rings. The predicted octanol–water partition coefficient (Wildman–Crippen LogP) is 3.71. The van der Waals surface area contributed by atoms with Crippen LogP contribution in [-0.4, -0.2) is 49.8 Å². The van der Waals surface area contributed by atoms with Crippen LogP contribution >= 0.6 is 0 Å². The first-order chi connectivity index (χ1) is 16.4. The molecular formula is C26H30N4O3S. The Morgan fingerprint density at radius 2 is 1.68 bits per heavy atom. The van der Waals surface area contributed by atoms with Crippen molar-refractivity contribution < 1.29 is 13.2 Å². The molecule has 0 radical (unpaired) electrons. The van der Waals surface area contributed by atoms with Crippen molar-refractivity contribution in [2.75, 3.05) is 26.2 Å². The molecule has 7 nitrogen and oxygen atoms in total. The van der Waals surface area contributed by atoms with Gasteiger partial charge in [0.05, 0.1) is 11.5 Å². The molecule has 3 N–H and O–H groups in total. The van der Waals surface area contributed by atoms with Crippen LogP contribution in [0.15, 0.2) is 71.6 Å². The van der Waals surface area contributed by atoms with E-state index in [0.717, 1.165) is 35.6 Å². The number of nitrogens with two attached hydrogens (primary N) is 1. The first-order valence-corrected chi connectivity index (χ1v) is 13.2. The maximum absolute atomic E-state index is 13.2. The highest BCUT2D eigenvalue weighted by atomic mass is 32.2. The lowest BCUT2D eigenvalue weighted by molar-refractivity contribution is -0.0554. The van der Waals surface area contributed by atoms with Crippen LogP contribution in [-0.2, 0) is 21.2 Å². The van der Waals surface area contributed by atoms with Gasteiger partial charge in [0.25, 0.3) is 0 Å². The Hall–Kier alpha value is -2.94. The number of nitrogens with zero attached hydrogens (tertiary/aromatic N) is 2. The summed E-state index contributed by atoms with van der Waals surface area (Å²) in [5.41, 5.74) is 8.11. The van der Waals surface area contributed by atoms with Gasteiger partial charge in [0.1, 0.15) is 0 Å². The fourth-order valence-corrected chi connectivity index (χ4v) is 6.48. The number of hydrogen-bond donors (Lipinski definition) is 2. The lowest BCUT2D eigenvalue weighted by Gasteiger charge is -2.38. The highest BCUT2D eigenvalue weighted by molar-refractivity contribution is 7.89. The van der Waals surface area contributed by atoms with Crippen molar-refractivity contribution in [3.8, 4) is 0 Å². The summed E-state index contributed by atoms with van der Waals surface area (Å²) in [5, 5.41) is 9.92. The van der Waals surface area contributed by atoms with Crippen molar-refractivity contribution in [1.29, 1.82) is 5.41 Å². The van der Waals surface area contributed by atoms with Crippen molar-refractivity contribution in [2.24, 2.45) is 11.7 Å². The largest absolute Gasteiger partial charge is 0.370 e. The number of ether oxygens (including phenoxy) is 1. The number of fused-ring (bicyclic) bond motifs is 2. The summed E-state index contributed by atoms with van der Waals surface area (Å²) in [5.74, 6) is 0.266. The molecule has 0 amide bonds. The lowest BCUT2D eigenvalue weighted by atomic mass is 9.97. The number of guanidine groups is 1. The Morgan fingerprint density at radius 1 is 0.971 bits per heavy atom. The van der Waals surface area contributed by atoms with Crippen molar-refractivity contribution in [2.45, 2.75) is 30.4 Å². The molecular weight excluding hydrogens is 448 g/mol. The summed E-state index contributed by atoms with van der Waals surface area (Å²) in [6, 6.07) is 21.2. The minimum Gasteiger partial charge on any atom is -0.370 e. The molecule has 5 rings (SSSR count). The molecule has 0 spiro atoms. The monoisotopic (exact) mass is 478 g/mol. The van der Waals surface area contributed by atoms with Crippen LogP contribution in [0.25, 0.3) is 10.8 Å². The van der Waals surface area contributed by atoms with Gasteiger partial charge >= 0.3 is 0 Å². The summed E-state index contributed by atoms with van der Waals surface area (Å²) >= 11 is 0. The Bertz CT molecular complexity index is 1300. The van der Waals surface area contributed by atoms with Gasteiger partial charge in [0.15, 0.2) is 12.2 Å². The number of hydrogen-bond acceptors (Lipinski definition) is 4. The SMILES string of the molecule is N=C(N)N1CCc2ccccc2C1OCC1CCN(S(=O)(=O)c2ccc3ccccc3c2)CC1. The molecule has 0 aliphatic carbocycles. The van der Waals surface area contributed by atoms with E-state index in [0.29, 0.717) is 31.1 Å². The van der Waals surface area contributed by atoms with E-state index < -0.39 is 10.0 Å². The average Bonchev–Trinajstić information content (AvgIpc) is 2.87. The Morgan fingerprint density at radius 3 is 2.44 bits per heavy atom. The molecule has 8 heteroatoms. The van der Waals surface area contributed by atoms with Gasteiger partial charge in [-0.2, -0.15) is 4.31 Å². The fraction of sp³-hybridized carbons (Fsp3) is 0.346. The molecule has 2 heterocycles. The van der Waals surface area contributed by atoms with Crippen LogP contribution in [0.3, 0.4) is 0 Å². The minimum atomic E-state index is -3.53. The van der Waals surface area contributed by atoms with Gasteiger partial charge in [-0.1, -0.05) is 54.6 Å². The Kier molecular flexibility index (Phi) is 6.29. The quantitative estimate of drug-likeness (QED) is 0.430. The van der Waals surface area contributed by atoms with Gasteiger partial charge in [-0.3, -0.25) is 5.41 Å². The molecule has 1 fully saturated rings. The molecule has 34 heavy (non-hydrogen) atoms. The summed E-state index contributed by atoms with van der Waals surface area (Å²) in [6.45, 7) is 2.10. The molecule has 0 aromatic heterocycles. The van der Waals surface area contributed by atoms with E-state index in [-0.39, 0.29) is 18.1 Å². The van der Waals surface area contributed by atoms with E-state index in [1.54, 1.807) is 21.3 Å². The van der Waals surface area contributed by atoms with Crippen LogP contribution in [0.1, 0.15) is 30.2 Å². The number of rotatable bonds is 5. The second-order valence-corrected chi connectivity index (χ2v) is 11.0. The van der Waals surface area contributed by atoms with Crippen LogP contribution in [0.5, 0.6) is 0 Å². The fourth-order valence-electron chi connectivity index (χ4n) is 4.98. The molecule has 2 aliphatic heterocycles. The summed E-state index contributed by atoms with van der Waals surface area (Å²) in [7, 11) is -3.53. The smallest absolute Gasteiger partial charge is 0.243 e. The second-order valence-electron chi connectivity index (χ2n) is 9.07.